The lowest BCUT2D eigenvalue weighted by Gasteiger charge is -2.13. The number of carbonyl (C=O) groups is 1. The first-order valence-electron chi connectivity index (χ1n) is 6.09. The van der Waals surface area contributed by atoms with E-state index in [0.29, 0.717) is 37.2 Å². The summed E-state index contributed by atoms with van der Waals surface area (Å²) in [6.07, 6.45) is 0. The van der Waals surface area contributed by atoms with Crippen molar-refractivity contribution in [2.24, 2.45) is 5.84 Å². The molecule has 0 aliphatic rings. The van der Waals surface area contributed by atoms with Crippen molar-refractivity contribution in [3.8, 4) is 0 Å². The van der Waals surface area contributed by atoms with E-state index in [1.165, 1.54) is 4.90 Å². The van der Waals surface area contributed by atoms with E-state index >= 15 is 0 Å². The second kappa shape index (κ2) is 8.12. The maximum absolute atomic E-state index is 11.3. The van der Waals surface area contributed by atoms with E-state index in [4.69, 9.17) is 10.6 Å². The van der Waals surface area contributed by atoms with Gasteiger partial charge in [-0.15, -0.1) is 0 Å². The molecule has 1 heterocycles. The van der Waals surface area contributed by atoms with Crippen LogP contribution in [-0.2, 0) is 11.3 Å². The van der Waals surface area contributed by atoms with Crippen molar-refractivity contribution in [1.82, 2.24) is 20.2 Å². The Morgan fingerprint density at radius 1 is 1.35 bits per heavy atom. The van der Waals surface area contributed by atoms with Gasteiger partial charge < -0.3 is 25.7 Å². The van der Waals surface area contributed by atoms with Crippen LogP contribution < -0.4 is 21.9 Å². The molecule has 1 aromatic heterocycles. The number of anilines is 2. The molecule has 0 aliphatic heterocycles. The minimum atomic E-state index is -0.140. The number of carbonyl (C=O) groups excluding carboxylic acids is 1. The number of aromatic nitrogens is 2. The number of rotatable bonds is 7. The quantitative estimate of drug-likeness (QED) is 0.305. The van der Waals surface area contributed by atoms with E-state index in [0.717, 1.165) is 0 Å². The van der Waals surface area contributed by atoms with Gasteiger partial charge in [0.2, 0.25) is 0 Å². The van der Waals surface area contributed by atoms with Crippen molar-refractivity contribution < 1.29 is 9.53 Å². The molecule has 1 aromatic rings. The standard InChI is InChI=1S/C11H21N7O2/c1-18(2)11(19)14-5-4-13-8-6-9(17-12)16-10(15-8)7-20-3/h6H,4-5,7,12H2,1-3H3,(H,14,19)(H2,13,15,16,17). The van der Waals surface area contributed by atoms with Gasteiger partial charge in [-0.05, 0) is 0 Å². The molecular weight excluding hydrogens is 262 g/mol. The Bertz CT molecular complexity index is 439. The molecule has 112 valence electrons. The summed E-state index contributed by atoms with van der Waals surface area (Å²) in [5, 5.41) is 5.81. The number of nitrogens with zero attached hydrogens (tertiary/aromatic N) is 3. The molecule has 1 rings (SSSR count). The third-order valence-electron chi connectivity index (χ3n) is 2.31. The average molecular weight is 283 g/mol. The van der Waals surface area contributed by atoms with Crippen molar-refractivity contribution in [2.75, 3.05) is 45.0 Å². The second-order valence-corrected chi connectivity index (χ2v) is 4.19. The zero-order valence-electron chi connectivity index (χ0n) is 11.9. The monoisotopic (exact) mass is 283 g/mol. The molecule has 2 amide bonds. The lowest BCUT2D eigenvalue weighted by molar-refractivity contribution is 0.178. The molecule has 0 atom stereocenters. The van der Waals surface area contributed by atoms with Gasteiger partial charge >= 0.3 is 6.03 Å². The largest absolute Gasteiger partial charge is 0.377 e. The zero-order valence-corrected chi connectivity index (χ0v) is 11.9. The Labute approximate surface area is 117 Å². The first-order valence-corrected chi connectivity index (χ1v) is 6.09. The smallest absolute Gasteiger partial charge is 0.316 e. The van der Waals surface area contributed by atoms with Crippen LogP contribution in [0.5, 0.6) is 0 Å². The second-order valence-electron chi connectivity index (χ2n) is 4.19. The van der Waals surface area contributed by atoms with Crippen LogP contribution in [0.4, 0.5) is 16.4 Å². The van der Waals surface area contributed by atoms with E-state index < -0.39 is 0 Å². The van der Waals surface area contributed by atoms with Gasteiger partial charge in [0, 0.05) is 40.4 Å². The molecule has 0 unspecified atom stereocenters. The van der Waals surface area contributed by atoms with Crippen LogP contribution in [0, 0.1) is 0 Å². The Kier molecular flexibility index (Phi) is 6.47. The van der Waals surface area contributed by atoms with Crippen LogP contribution in [0.2, 0.25) is 0 Å². The van der Waals surface area contributed by atoms with Gasteiger partial charge in [-0.3, -0.25) is 0 Å². The summed E-state index contributed by atoms with van der Waals surface area (Å²) >= 11 is 0. The highest BCUT2D eigenvalue weighted by molar-refractivity contribution is 5.73. The van der Waals surface area contributed by atoms with E-state index in [1.807, 2.05) is 0 Å². The molecular formula is C11H21N7O2. The maximum atomic E-state index is 11.3. The van der Waals surface area contributed by atoms with Gasteiger partial charge in [0.1, 0.15) is 18.2 Å². The molecule has 5 N–H and O–H groups in total. The van der Waals surface area contributed by atoms with Crippen molar-refractivity contribution in [3.63, 3.8) is 0 Å². The van der Waals surface area contributed by atoms with E-state index in [-0.39, 0.29) is 6.03 Å². The van der Waals surface area contributed by atoms with Crippen molar-refractivity contribution in [1.29, 1.82) is 0 Å². The molecule has 0 fully saturated rings. The third-order valence-corrected chi connectivity index (χ3v) is 2.31. The predicted molar refractivity (Wildman–Crippen MR) is 76.1 cm³/mol. The predicted octanol–water partition coefficient (Wildman–Crippen LogP) is -0.408. The van der Waals surface area contributed by atoms with Crippen LogP contribution in [0.3, 0.4) is 0 Å². The molecule has 0 aliphatic carbocycles. The van der Waals surface area contributed by atoms with E-state index in [1.54, 1.807) is 27.3 Å². The van der Waals surface area contributed by atoms with Crippen LogP contribution in [0.25, 0.3) is 0 Å². The fourth-order valence-electron chi connectivity index (χ4n) is 1.37. The normalized spacial score (nSPS) is 10.0. The molecule has 9 nitrogen and oxygen atoms in total. The number of nitrogens with one attached hydrogen (secondary N) is 3. The molecule has 0 spiro atoms. The SMILES string of the molecule is COCc1nc(NN)cc(NCCNC(=O)N(C)C)n1. The number of nitrogens with two attached hydrogens (primary N) is 1. The maximum Gasteiger partial charge on any atom is 0.316 e. The minimum Gasteiger partial charge on any atom is -0.377 e. The van der Waals surface area contributed by atoms with Gasteiger partial charge in [0.05, 0.1) is 0 Å². The molecule has 0 radical (unpaired) electrons. The summed E-state index contributed by atoms with van der Waals surface area (Å²) in [6, 6.07) is 1.53. The number of methoxy groups -OCH3 is 1. The summed E-state index contributed by atoms with van der Waals surface area (Å²) in [4.78, 5) is 21.2. The van der Waals surface area contributed by atoms with Gasteiger partial charge in [-0.25, -0.2) is 20.6 Å². The first kappa shape index (κ1) is 15.9. The molecule has 9 heteroatoms. The highest BCUT2D eigenvalue weighted by Crippen LogP contribution is 2.10. The molecule has 0 bridgehead atoms. The van der Waals surface area contributed by atoms with Crippen molar-refractivity contribution in [2.45, 2.75) is 6.61 Å². The highest BCUT2D eigenvalue weighted by atomic mass is 16.5. The Morgan fingerprint density at radius 2 is 2.05 bits per heavy atom. The topological polar surface area (TPSA) is 117 Å². The summed E-state index contributed by atoms with van der Waals surface area (Å²) < 4.78 is 4.98. The number of urea groups is 1. The Balaban J connectivity index is 2.50. The molecule has 20 heavy (non-hydrogen) atoms. The lowest BCUT2D eigenvalue weighted by Crippen LogP contribution is -2.37. The van der Waals surface area contributed by atoms with Crippen molar-refractivity contribution >= 4 is 17.7 Å². The van der Waals surface area contributed by atoms with E-state index in [2.05, 4.69) is 26.0 Å². The average Bonchev–Trinajstić information content (AvgIpc) is 2.43. The Morgan fingerprint density at radius 3 is 2.65 bits per heavy atom. The lowest BCUT2D eigenvalue weighted by atomic mass is 10.4. The van der Waals surface area contributed by atoms with Crippen molar-refractivity contribution in [3.05, 3.63) is 11.9 Å². The number of ether oxygens (including phenoxy) is 1. The van der Waals surface area contributed by atoms with Crippen LogP contribution >= 0.6 is 0 Å². The first-order chi connectivity index (χ1) is 9.56. The van der Waals surface area contributed by atoms with Crippen LogP contribution in [-0.4, -0.2) is 55.2 Å². The minimum absolute atomic E-state index is 0.140. The number of hydrogen-bond donors (Lipinski definition) is 4. The summed E-state index contributed by atoms with van der Waals surface area (Å²) in [5.74, 6) is 6.96. The summed E-state index contributed by atoms with van der Waals surface area (Å²) in [7, 11) is 4.93. The van der Waals surface area contributed by atoms with Gasteiger partial charge in [-0.2, -0.15) is 0 Å². The fourth-order valence-corrected chi connectivity index (χ4v) is 1.37. The molecule has 0 saturated carbocycles. The Hall–Kier alpha value is -2.13. The van der Waals surface area contributed by atoms with E-state index in [9.17, 15) is 4.79 Å². The number of hydrazine groups is 1. The van der Waals surface area contributed by atoms with Crippen LogP contribution in [0.1, 0.15) is 5.82 Å². The zero-order chi connectivity index (χ0) is 15.0. The summed E-state index contributed by atoms with van der Waals surface area (Å²) in [6.45, 7) is 1.31. The number of hydrogen-bond acceptors (Lipinski definition) is 7. The van der Waals surface area contributed by atoms with Gasteiger partial charge in [-0.1, -0.05) is 0 Å². The fraction of sp³-hybridized carbons (Fsp3) is 0.545. The van der Waals surface area contributed by atoms with Crippen LogP contribution in [0.15, 0.2) is 6.07 Å². The van der Waals surface area contributed by atoms with Gasteiger partial charge in [0.25, 0.3) is 0 Å². The number of amides is 2. The third kappa shape index (κ3) is 5.24. The highest BCUT2D eigenvalue weighted by Gasteiger charge is 2.04. The summed E-state index contributed by atoms with van der Waals surface area (Å²) in [5.41, 5.74) is 2.47. The molecule has 0 aromatic carbocycles. The molecule has 0 saturated heterocycles. The number of nitrogen functional groups attached to an aromatic ring is 1. The van der Waals surface area contributed by atoms with Gasteiger partial charge in [0.15, 0.2) is 5.82 Å².